The zero-order valence-corrected chi connectivity index (χ0v) is 13.8. The third kappa shape index (κ3) is 1.80. The number of hydrogen-bond acceptors (Lipinski definition) is 3. The van der Waals surface area contributed by atoms with E-state index in [1.54, 1.807) is 0 Å². The predicted octanol–water partition coefficient (Wildman–Crippen LogP) is 2.26. The Hall–Kier alpha value is -2.46. The topological polar surface area (TPSA) is 57.6 Å². The third-order valence-electron chi connectivity index (χ3n) is 6.08. The second kappa shape index (κ2) is 5.27. The van der Waals surface area contributed by atoms with E-state index in [-0.39, 0.29) is 42.1 Å². The van der Waals surface area contributed by atoms with Crippen molar-refractivity contribution < 1.29 is 14.7 Å². The van der Waals surface area contributed by atoms with Gasteiger partial charge in [-0.2, -0.15) is 0 Å². The van der Waals surface area contributed by atoms with E-state index in [9.17, 15) is 9.59 Å². The van der Waals surface area contributed by atoms with Crippen LogP contribution in [0.3, 0.4) is 0 Å². The number of rotatable bonds is 3. The Bertz CT molecular complexity index is 775. The van der Waals surface area contributed by atoms with Gasteiger partial charge in [-0.1, -0.05) is 48.5 Å². The average Bonchev–Trinajstić information content (AvgIpc) is 2.91. The standard InChI is InChI=1S/C21H19NO3/c23-11-5-10-22-20(24)18-16-12-6-1-2-7-13(12)17(19(18)21(22)25)15-9-4-3-8-14(15)16/h1-4,6-9,16-19,23H,5,10-11H2/t16?,17?,18-,19-/m1/s1. The van der Waals surface area contributed by atoms with Crippen LogP contribution < -0.4 is 0 Å². The van der Waals surface area contributed by atoms with Crippen LogP contribution in [0.25, 0.3) is 0 Å². The van der Waals surface area contributed by atoms with Crippen LogP contribution in [0, 0.1) is 11.8 Å². The van der Waals surface area contributed by atoms with Gasteiger partial charge in [-0.3, -0.25) is 14.5 Å². The number of likely N-dealkylation sites (tertiary alicyclic amines) is 1. The lowest BCUT2D eigenvalue weighted by molar-refractivity contribution is -0.140. The maximum absolute atomic E-state index is 13.1. The molecule has 0 unspecified atom stereocenters. The van der Waals surface area contributed by atoms with E-state index in [0.29, 0.717) is 13.0 Å². The van der Waals surface area contributed by atoms with Gasteiger partial charge >= 0.3 is 0 Å². The zero-order chi connectivity index (χ0) is 17.1. The molecule has 2 amide bonds. The molecule has 2 bridgehead atoms. The molecular weight excluding hydrogens is 314 g/mol. The molecule has 0 aromatic heterocycles. The van der Waals surface area contributed by atoms with E-state index in [2.05, 4.69) is 24.3 Å². The van der Waals surface area contributed by atoms with Gasteiger partial charge in [0.05, 0.1) is 11.8 Å². The SMILES string of the molecule is O=C1[C@@H]2C3c4ccccc4C(c4ccccc43)[C@H]2C(=O)N1CCCO. The first-order valence-electron chi connectivity index (χ1n) is 8.87. The van der Waals surface area contributed by atoms with E-state index >= 15 is 0 Å². The van der Waals surface area contributed by atoms with Gasteiger partial charge in [-0.25, -0.2) is 0 Å². The fourth-order valence-electron chi connectivity index (χ4n) is 5.19. The lowest BCUT2D eigenvalue weighted by atomic mass is 9.55. The van der Waals surface area contributed by atoms with E-state index in [4.69, 9.17) is 5.11 Å². The minimum Gasteiger partial charge on any atom is -0.396 e. The van der Waals surface area contributed by atoms with Gasteiger partial charge in [0.1, 0.15) is 0 Å². The van der Waals surface area contributed by atoms with Gasteiger partial charge in [0, 0.05) is 25.0 Å². The smallest absolute Gasteiger partial charge is 0.234 e. The number of benzene rings is 2. The van der Waals surface area contributed by atoms with E-state index in [1.165, 1.54) is 27.2 Å². The van der Waals surface area contributed by atoms with Gasteiger partial charge in [-0.05, 0) is 28.7 Å². The highest BCUT2D eigenvalue weighted by atomic mass is 16.3. The Balaban J connectivity index is 1.70. The largest absolute Gasteiger partial charge is 0.396 e. The molecule has 0 spiro atoms. The summed E-state index contributed by atoms with van der Waals surface area (Å²) in [4.78, 5) is 27.6. The summed E-state index contributed by atoms with van der Waals surface area (Å²) in [5.74, 6) is -0.831. The van der Waals surface area contributed by atoms with Crippen LogP contribution in [0.15, 0.2) is 48.5 Å². The fraction of sp³-hybridized carbons (Fsp3) is 0.333. The van der Waals surface area contributed by atoms with Crippen molar-refractivity contribution in [1.82, 2.24) is 4.90 Å². The number of amides is 2. The number of aliphatic hydroxyl groups excluding tert-OH is 1. The van der Waals surface area contributed by atoms with Crippen molar-refractivity contribution in [2.24, 2.45) is 11.8 Å². The Kier molecular flexibility index (Phi) is 3.13. The summed E-state index contributed by atoms with van der Waals surface area (Å²) in [5.41, 5.74) is 4.77. The van der Waals surface area contributed by atoms with Gasteiger partial charge in [-0.15, -0.1) is 0 Å². The van der Waals surface area contributed by atoms with Gasteiger partial charge in [0.25, 0.3) is 0 Å². The minimum atomic E-state index is -0.305. The van der Waals surface area contributed by atoms with Crippen molar-refractivity contribution in [3.8, 4) is 0 Å². The molecule has 1 saturated heterocycles. The molecule has 4 aliphatic rings. The first kappa shape index (κ1) is 14.8. The molecule has 4 heteroatoms. The molecule has 2 atom stereocenters. The van der Waals surface area contributed by atoms with Crippen molar-refractivity contribution >= 4 is 11.8 Å². The Morgan fingerprint density at radius 1 is 0.760 bits per heavy atom. The Morgan fingerprint density at radius 3 is 1.52 bits per heavy atom. The number of aliphatic hydroxyl groups is 1. The van der Waals surface area contributed by atoms with Crippen molar-refractivity contribution in [3.05, 3.63) is 70.8 Å². The molecular formula is C21H19NO3. The molecule has 2 aromatic carbocycles. The summed E-state index contributed by atoms with van der Waals surface area (Å²) in [5, 5.41) is 9.11. The number of carbonyl (C=O) groups is 2. The summed E-state index contributed by atoms with van der Waals surface area (Å²) in [6, 6.07) is 16.5. The van der Waals surface area contributed by atoms with Crippen LogP contribution in [-0.2, 0) is 9.59 Å². The minimum absolute atomic E-state index is 0.0142. The number of nitrogens with zero attached hydrogens (tertiary/aromatic N) is 1. The van der Waals surface area contributed by atoms with Crippen LogP contribution in [0.4, 0.5) is 0 Å². The first-order chi connectivity index (χ1) is 12.2. The summed E-state index contributed by atoms with van der Waals surface area (Å²) in [6.45, 7) is 0.299. The molecule has 1 fully saturated rings. The summed E-state index contributed by atoms with van der Waals surface area (Å²) < 4.78 is 0. The number of hydrogen-bond donors (Lipinski definition) is 1. The van der Waals surface area contributed by atoms with Crippen LogP contribution in [0.1, 0.15) is 40.5 Å². The summed E-state index contributed by atoms with van der Waals surface area (Å²) >= 11 is 0. The van der Waals surface area contributed by atoms with Crippen molar-refractivity contribution in [2.45, 2.75) is 18.3 Å². The summed E-state index contributed by atoms with van der Waals surface area (Å²) in [7, 11) is 0. The predicted molar refractivity (Wildman–Crippen MR) is 92.0 cm³/mol. The third-order valence-corrected chi connectivity index (χ3v) is 6.08. The fourth-order valence-corrected chi connectivity index (χ4v) is 5.19. The quantitative estimate of drug-likeness (QED) is 0.877. The maximum Gasteiger partial charge on any atom is 0.234 e. The zero-order valence-electron chi connectivity index (χ0n) is 13.8. The molecule has 4 nitrogen and oxygen atoms in total. The summed E-state index contributed by atoms with van der Waals surface area (Å²) in [6.07, 6.45) is 0.437. The second-order valence-corrected chi connectivity index (χ2v) is 7.17. The van der Waals surface area contributed by atoms with Gasteiger partial charge in [0.2, 0.25) is 11.8 Å². The molecule has 0 saturated carbocycles. The van der Waals surface area contributed by atoms with Gasteiger partial charge < -0.3 is 5.11 Å². The van der Waals surface area contributed by atoms with Crippen LogP contribution in [0.5, 0.6) is 0 Å². The lowest BCUT2D eigenvalue weighted by Crippen LogP contribution is -2.41. The second-order valence-electron chi connectivity index (χ2n) is 7.17. The normalized spacial score (nSPS) is 28.8. The molecule has 2 aromatic rings. The average molecular weight is 333 g/mol. The van der Waals surface area contributed by atoms with Crippen molar-refractivity contribution in [2.75, 3.05) is 13.2 Å². The monoisotopic (exact) mass is 333 g/mol. The number of imide groups is 1. The first-order valence-corrected chi connectivity index (χ1v) is 8.87. The van der Waals surface area contributed by atoms with E-state index in [0.717, 1.165) is 0 Å². The molecule has 25 heavy (non-hydrogen) atoms. The Labute approximate surface area is 146 Å². The van der Waals surface area contributed by atoms with E-state index in [1.807, 2.05) is 24.3 Å². The number of carbonyl (C=O) groups excluding carboxylic acids is 2. The molecule has 126 valence electrons. The van der Waals surface area contributed by atoms with Crippen molar-refractivity contribution in [3.63, 3.8) is 0 Å². The highest BCUT2D eigenvalue weighted by molar-refractivity contribution is 6.07. The maximum atomic E-state index is 13.1. The molecule has 1 N–H and O–H groups in total. The van der Waals surface area contributed by atoms with Gasteiger partial charge in [0.15, 0.2) is 0 Å². The van der Waals surface area contributed by atoms with Crippen LogP contribution in [-0.4, -0.2) is 35.0 Å². The molecule has 1 aliphatic heterocycles. The molecule has 3 aliphatic carbocycles. The Morgan fingerprint density at radius 2 is 1.16 bits per heavy atom. The van der Waals surface area contributed by atoms with Crippen LogP contribution in [0.2, 0.25) is 0 Å². The molecule has 0 radical (unpaired) electrons. The lowest BCUT2D eigenvalue weighted by Gasteiger charge is -2.45. The van der Waals surface area contributed by atoms with E-state index < -0.39 is 0 Å². The molecule has 1 heterocycles. The van der Waals surface area contributed by atoms with Crippen LogP contribution >= 0.6 is 0 Å². The van der Waals surface area contributed by atoms with Crippen molar-refractivity contribution in [1.29, 1.82) is 0 Å². The highest BCUT2D eigenvalue weighted by Crippen LogP contribution is 2.60. The highest BCUT2D eigenvalue weighted by Gasteiger charge is 2.61. The molecule has 6 rings (SSSR count).